The van der Waals surface area contributed by atoms with E-state index < -0.39 is 0 Å². The van der Waals surface area contributed by atoms with E-state index in [0.717, 1.165) is 0 Å². The molecule has 0 bridgehead atoms. The first kappa shape index (κ1) is 13.0. The number of aromatic nitrogens is 1. The van der Waals surface area contributed by atoms with Crippen molar-refractivity contribution in [1.82, 2.24) is 9.88 Å². The van der Waals surface area contributed by atoms with Crippen molar-refractivity contribution in [1.29, 1.82) is 0 Å². The van der Waals surface area contributed by atoms with Gasteiger partial charge in [-0.25, -0.2) is 4.98 Å². The molecular formula is C11H15N3O3S. The number of hydrogen-bond donors (Lipinski definition) is 1. The number of nitrogens with zero attached hydrogens (tertiary/aromatic N) is 2. The molecule has 1 aromatic heterocycles. The summed E-state index contributed by atoms with van der Waals surface area (Å²) in [7, 11) is 0. The lowest BCUT2D eigenvalue weighted by atomic mass is 10.3. The van der Waals surface area contributed by atoms with E-state index in [1.807, 2.05) is 6.92 Å². The largest absolute Gasteiger partial charge is 0.375 e. The van der Waals surface area contributed by atoms with Gasteiger partial charge in [0.05, 0.1) is 12.7 Å². The van der Waals surface area contributed by atoms with Crippen molar-refractivity contribution in [2.24, 2.45) is 0 Å². The van der Waals surface area contributed by atoms with Crippen LogP contribution < -0.4 is 5.32 Å². The highest BCUT2D eigenvalue weighted by molar-refractivity contribution is 7.14. The molecule has 1 fully saturated rings. The van der Waals surface area contributed by atoms with Gasteiger partial charge in [-0.3, -0.25) is 9.59 Å². The Labute approximate surface area is 109 Å². The first-order valence-corrected chi connectivity index (χ1v) is 6.58. The van der Waals surface area contributed by atoms with Crippen LogP contribution in [0.15, 0.2) is 5.38 Å². The zero-order valence-electron chi connectivity index (χ0n) is 10.3. The van der Waals surface area contributed by atoms with Crippen LogP contribution in [-0.4, -0.2) is 47.5 Å². The predicted molar refractivity (Wildman–Crippen MR) is 67.7 cm³/mol. The van der Waals surface area contributed by atoms with Crippen LogP contribution in [0.5, 0.6) is 0 Å². The van der Waals surface area contributed by atoms with Gasteiger partial charge >= 0.3 is 0 Å². The van der Waals surface area contributed by atoms with Crippen LogP contribution in [-0.2, 0) is 9.53 Å². The number of hydrogen-bond acceptors (Lipinski definition) is 5. The lowest BCUT2D eigenvalue weighted by Gasteiger charge is -2.30. The van der Waals surface area contributed by atoms with Crippen LogP contribution in [0, 0.1) is 0 Å². The summed E-state index contributed by atoms with van der Waals surface area (Å²) < 4.78 is 5.38. The number of nitrogens with one attached hydrogen (secondary N) is 1. The summed E-state index contributed by atoms with van der Waals surface area (Å²) in [6.45, 7) is 5.05. The van der Waals surface area contributed by atoms with Crippen LogP contribution >= 0.6 is 11.3 Å². The zero-order chi connectivity index (χ0) is 13.1. The number of anilines is 1. The Kier molecular flexibility index (Phi) is 3.93. The maximum Gasteiger partial charge on any atom is 0.273 e. The first-order valence-electron chi connectivity index (χ1n) is 5.70. The van der Waals surface area contributed by atoms with Gasteiger partial charge in [0.2, 0.25) is 5.91 Å². The normalized spacial score (nSPS) is 19.7. The lowest BCUT2D eigenvalue weighted by Crippen LogP contribution is -2.44. The van der Waals surface area contributed by atoms with E-state index in [0.29, 0.717) is 30.5 Å². The molecule has 2 amide bonds. The van der Waals surface area contributed by atoms with Gasteiger partial charge < -0.3 is 15.0 Å². The molecule has 0 aromatic carbocycles. The molecule has 0 aliphatic carbocycles. The molecule has 2 rings (SSSR count). The molecule has 0 spiro atoms. The third-order valence-corrected chi connectivity index (χ3v) is 3.29. The standard InChI is InChI=1S/C11H15N3O3S/c1-7-5-14(3-4-17-7)10(16)9-6-18-11(13-9)12-8(2)15/h6-7H,3-5H2,1-2H3,(H,12,13,15). The van der Waals surface area contributed by atoms with Gasteiger partial charge in [0.25, 0.3) is 5.91 Å². The molecular weight excluding hydrogens is 254 g/mol. The van der Waals surface area contributed by atoms with E-state index >= 15 is 0 Å². The quantitative estimate of drug-likeness (QED) is 0.868. The number of carbonyl (C=O) groups excluding carboxylic acids is 2. The highest BCUT2D eigenvalue weighted by Gasteiger charge is 2.24. The Bertz CT molecular complexity index is 460. The highest BCUT2D eigenvalue weighted by Crippen LogP contribution is 2.17. The summed E-state index contributed by atoms with van der Waals surface area (Å²) in [5.41, 5.74) is 0.373. The molecule has 98 valence electrons. The van der Waals surface area contributed by atoms with E-state index in [1.165, 1.54) is 18.3 Å². The van der Waals surface area contributed by atoms with Crippen molar-refractivity contribution < 1.29 is 14.3 Å². The van der Waals surface area contributed by atoms with Crippen LogP contribution in [0.3, 0.4) is 0 Å². The van der Waals surface area contributed by atoms with E-state index in [1.54, 1.807) is 10.3 Å². The number of rotatable bonds is 2. The van der Waals surface area contributed by atoms with Gasteiger partial charge in [-0.2, -0.15) is 0 Å². The molecule has 1 aromatic rings. The third-order valence-electron chi connectivity index (χ3n) is 2.53. The Morgan fingerprint density at radius 2 is 2.39 bits per heavy atom. The molecule has 0 saturated carbocycles. The van der Waals surface area contributed by atoms with Gasteiger partial charge in [0, 0.05) is 25.4 Å². The summed E-state index contributed by atoms with van der Waals surface area (Å²) in [6, 6.07) is 0. The SMILES string of the molecule is CC(=O)Nc1nc(C(=O)N2CCOC(C)C2)cs1. The molecule has 1 aliphatic rings. The average molecular weight is 269 g/mol. The fourth-order valence-corrected chi connectivity index (χ4v) is 2.48. The summed E-state index contributed by atoms with van der Waals surface area (Å²) in [6.07, 6.45) is 0.0520. The van der Waals surface area contributed by atoms with Gasteiger partial charge in [-0.1, -0.05) is 0 Å². The summed E-state index contributed by atoms with van der Waals surface area (Å²) in [4.78, 5) is 28.9. The Hall–Kier alpha value is -1.47. The summed E-state index contributed by atoms with van der Waals surface area (Å²) >= 11 is 1.25. The Morgan fingerprint density at radius 1 is 1.61 bits per heavy atom. The third kappa shape index (κ3) is 3.05. The van der Waals surface area contributed by atoms with E-state index in [2.05, 4.69) is 10.3 Å². The monoisotopic (exact) mass is 269 g/mol. The fraction of sp³-hybridized carbons (Fsp3) is 0.545. The molecule has 2 heterocycles. The molecule has 1 atom stereocenters. The molecule has 0 radical (unpaired) electrons. The van der Waals surface area contributed by atoms with Crippen molar-refractivity contribution in [2.45, 2.75) is 20.0 Å². The molecule has 1 aliphatic heterocycles. The van der Waals surface area contributed by atoms with E-state index in [-0.39, 0.29) is 17.9 Å². The van der Waals surface area contributed by atoms with Gasteiger partial charge in [0.15, 0.2) is 5.13 Å². The van der Waals surface area contributed by atoms with Crippen LogP contribution in [0.25, 0.3) is 0 Å². The Balaban J connectivity index is 2.04. The van der Waals surface area contributed by atoms with Crippen molar-refractivity contribution >= 4 is 28.3 Å². The van der Waals surface area contributed by atoms with Crippen LogP contribution in [0.4, 0.5) is 5.13 Å². The smallest absolute Gasteiger partial charge is 0.273 e. The number of ether oxygens (including phenoxy) is 1. The maximum atomic E-state index is 12.1. The molecule has 6 nitrogen and oxygen atoms in total. The minimum atomic E-state index is -0.191. The molecule has 18 heavy (non-hydrogen) atoms. The second kappa shape index (κ2) is 5.45. The lowest BCUT2D eigenvalue weighted by molar-refractivity contribution is -0.114. The van der Waals surface area contributed by atoms with Gasteiger partial charge in [-0.05, 0) is 6.92 Å². The number of thiazole rings is 1. The first-order chi connectivity index (χ1) is 8.56. The number of morpholine rings is 1. The average Bonchev–Trinajstić information content (AvgIpc) is 2.75. The summed E-state index contributed by atoms with van der Waals surface area (Å²) in [5.74, 6) is -0.304. The minimum absolute atomic E-state index is 0.0520. The van der Waals surface area contributed by atoms with E-state index in [9.17, 15) is 9.59 Å². The zero-order valence-corrected chi connectivity index (χ0v) is 11.1. The topological polar surface area (TPSA) is 71.5 Å². The van der Waals surface area contributed by atoms with Crippen LogP contribution in [0.1, 0.15) is 24.3 Å². The second-order valence-corrected chi connectivity index (χ2v) is 5.01. The van der Waals surface area contributed by atoms with E-state index in [4.69, 9.17) is 4.74 Å². The van der Waals surface area contributed by atoms with Crippen molar-refractivity contribution in [3.8, 4) is 0 Å². The van der Waals surface area contributed by atoms with Crippen molar-refractivity contribution in [3.05, 3.63) is 11.1 Å². The summed E-state index contributed by atoms with van der Waals surface area (Å²) in [5, 5.41) is 4.68. The number of amides is 2. The van der Waals surface area contributed by atoms with Gasteiger partial charge in [0.1, 0.15) is 5.69 Å². The van der Waals surface area contributed by atoms with Crippen molar-refractivity contribution in [2.75, 3.05) is 25.0 Å². The molecule has 1 saturated heterocycles. The van der Waals surface area contributed by atoms with Crippen LogP contribution in [0.2, 0.25) is 0 Å². The van der Waals surface area contributed by atoms with Gasteiger partial charge in [-0.15, -0.1) is 11.3 Å². The maximum absolute atomic E-state index is 12.1. The molecule has 7 heteroatoms. The van der Waals surface area contributed by atoms with Crippen molar-refractivity contribution in [3.63, 3.8) is 0 Å². The molecule has 1 N–H and O–H groups in total. The Morgan fingerprint density at radius 3 is 3.06 bits per heavy atom. The fourth-order valence-electron chi connectivity index (χ4n) is 1.74. The minimum Gasteiger partial charge on any atom is -0.375 e. The number of carbonyl (C=O) groups is 2. The highest BCUT2D eigenvalue weighted by atomic mass is 32.1. The molecule has 1 unspecified atom stereocenters. The second-order valence-electron chi connectivity index (χ2n) is 4.15. The predicted octanol–water partition coefficient (Wildman–Crippen LogP) is 0.962.